The van der Waals surface area contributed by atoms with E-state index in [1.54, 1.807) is 18.6 Å². The second kappa shape index (κ2) is 11.6. The maximum absolute atomic E-state index is 12.3. The molecule has 4 rings (SSSR count). The number of carbonyl (C=O) groups is 1. The Balaban J connectivity index is 1.46. The zero-order chi connectivity index (χ0) is 25.7. The molecule has 1 N–H and O–H groups in total. The summed E-state index contributed by atoms with van der Waals surface area (Å²) < 4.78 is 7.78. The van der Waals surface area contributed by atoms with Crippen LogP contribution in [0.2, 0.25) is 0 Å². The fourth-order valence-electron chi connectivity index (χ4n) is 3.93. The first-order valence-corrected chi connectivity index (χ1v) is 12.3. The van der Waals surface area contributed by atoms with Crippen molar-refractivity contribution in [2.45, 2.75) is 13.6 Å². The maximum atomic E-state index is 12.3. The molecule has 1 aromatic heterocycles. The fourth-order valence-corrected chi connectivity index (χ4v) is 4.29. The molecule has 0 aliphatic carbocycles. The molecule has 0 saturated carbocycles. The number of nitrogens with zero attached hydrogens (tertiary/aromatic N) is 6. The Labute approximate surface area is 217 Å². The second-order valence-electron chi connectivity index (χ2n) is 8.60. The van der Waals surface area contributed by atoms with Crippen LogP contribution in [0.25, 0.3) is 10.9 Å². The lowest BCUT2D eigenvalue weighted by Crippen LogP contribution is -2.44. The third-order valence-electron chi connectivity index (χ3n) is 6.07. The lowest BCUT2D eigenvalue weighted by atomic mass is 10.1. The summed E-state index contributed by atoms with van der Waals surface area (Å²) in [6.07, 6.45) is 0. The number of piperazine rings is 1. The largest absolute Gasteiger partial charge is 0.497 e. The van der Waals surface area contributed by atoms with Gasteiger partial charge in [-0.15, -0.1) is 10.2 Å². The summed E-state index contributed by atoms with van der Waals surface area (Å²) in [7, 11) is 3.70. The molecule has 36 heavy (non-hydrogen) atoms. The average Bonchev–Trinajstić information content (AvgIpc) is 3.13. The number of oxime groups is 1. The number of amides is 1. The van der Waals surface area contributed by atoms with Gasteiger partial charge < -0.3 is 19.6 Å². The Kier molecular flexibility index (Phi) is 8.34. The summed E-state index contributed by atoms with van der Waals surface area (Å²) in [5.74, 6) is 0.0896. The standard InChI is InChI=1S/C25H29BrN6O4/c1-17(18-4-7-20(35-3)8-5-18)29-36-15-23(33)27-28-24-21-14-19(26)6-9-22(21)32(25(24)34)16-31-12-10-30(2)11-13-31/h4-9,14,34H,10-13,15-16H2,1-3H3/b28-27?,29-17-. The number of likely N-dealkylation sites (N-methyl/N-ethyl adjacent to an activating group) is 1. The van der Waals surface area contributed by atoms with Crippen LogP contribution in [-0.2, 0) is 16.3 Å². The molecule has 0 spiro atoms. The van der Waals surface area contributed by atoms with Crippen LogP contribution in [0.5, 0.6) is 11.6 Å². The van der Waals surface area contributed by atoms with Crippen molar-refractivity contribution in [3.05, 3.63) is 52.5 Å². The summed E-state index contributed by atoms with van der Waals surface area (Å²) >= 11 is 3.47. The molecule has 2 aromatic carbocycles. The van der Waals surface area contributed by atoms with Gasteiger partial charge in [-0.25, -0.2) is 0 Å². The molecule has 1 saturated heterocycles. The summed E-state index contributed by atoms with van der Waals surface area (Å²) in [6.45, 7) is 5.65. The van der Waals surface area contributed by atoms with E-state index in [9.17, 15) is 9.90 Å². The van der Waals surface area contributed by atoms with Crippen LogP contribution >= 0.6 is 15.9 Å². The number of fused-ring (bicyclic) bond motifs is 1. The highest BCUT2D eigenvalue weighted by atomic mass is 79.9. The molecule has 0 unspecified atom stereocenters. The van der Waals surface area contributed by atoms with Gasteiger partial charge in [0.15, 0.2) is 12.3 Å². The Bertz CT molecular complexity index is 1280. The number of halogens is 1. The number of hydrogen-bond donors (Lipinski definition) is 1. The van der Waals surface area contributed by atoms with Gasteiger partial charge in [0.2, 0.25) is 5.88 Å². The smallest absolute Gasteiger partial charge is 0.304 e. The Hall–Kier alpha value is -3.28. The first-order valence-electron chi connectivity index (χ1n) is 11.5. The van der Waals surface area contributed by atoms with Crippen LogP contribution in [-0.4, -0.2) is 78.0 Å². The number of methoxy groups -OCH3 is 1. The van der Waals surface area contributed by atoms with E-state index in [1.165, 1.54) is 0 Å². The summed E-state index contributed by atoms with van der Waals surface area (Å²) in [5.41, 5.74) is 2.50. The predicted molar refractivity (Wildman–Crippen MR) is 141 cm³/mol. The summed E-state index contributed by atoms with van der Waals surface area (Å²) in [6, 6.07) is 13.0. The molecule has 3 aromatic rings. The Morgan fingerprint density at radius 2 is 1.83 bits per heavy atom. The average molecular weight is 557 g/mol. The number of hydrogen-bond acceptors (Lipinski definition) is 8. The van der Waals surface area contributed by atoms with Crippen LogP contribution in [0.3, 0.4) is 0 Å². The van der Waals surface area contributed by atoms with Crippen molar-refractivity contribution < 1.29 is 19.5 Å². The zero-order valence-corrected chi connectivity index (χ0v) is 22.1. The fraction of sp³-hybridized carbons (Fsp3) is 0.360. The molecular weight excluding hydrogens is 528 g/mol. The minimum atomic E-state index is -0.615. The lowest BCUT2D eigenvalue weighted by Gasteiger charge is -2.32. The van der Waals surface area contributed by atoms with Gasteiger partial charge in [-0.2, -0.15) is 0 Å². The molecule has 1 aliphatic heterocycles. The van der Waals surface area contributed by atoms with E-state index in [0.717, 1.165) is 47.5 Å². The van der Waals surface area contributed by atoms with Crippen molar-refractivity contribution in [1.82, 2.24) is 14.4 Å². The summed E-state index contributed by atoms with van der Waals surface area (Å²) in [5, 5.41) is 23.5. The number of aromatic nitrogens is 1. The van der Waals surface area contributed by atoms with Crippen molar-refractivity contribution in [1.29, 1.82) is 0 Å². The van der Waals surface area contributed by atoms with Gasteiger partial charge in [0.25, 0.3) is 0 Å². The molecule has 1 amide bonds. The van der Waals surface area contributed by atoms with Gasteiger partial charge >= 0.3 is 5.91 Å². The number of azo groups is 1. The van der Waals surface area contributed by atoms with Crippen LogP contribution in [0.1, 0.15) is 12.5 Å². The van der Waals surface area contributed by atoms with Crippen LogP contribution < -0.4 is 4.74 Å². The molecule has 2 heterocycles. The van der Waals surface area contributed by atoms with Gasteiger partial charge in [-0.3, -0.25) is 14.3 Å². The number of rotatable bonds is 8. The van der Waals surface area contributed by atoms with Gasteiger partial charge in [-0.1, -0.05) is 21.1 Å². The van der Waals surface area contributed by atoms with E-state index in [2.05, 4.69) is 48.2 Å². The first-order chi connectivity index (χ1) is 17.4. The molecule has 0 bridgehead atoms. The highest BCUT2D eigenvalue weighted by molar-refractivity contribution is 9.10. The van der Waals surface area contributed by atoms with Crippen LogP contribution in [0, 0.1) is 0 Å². The molecule has 1 aliphatic rings. The number of ether oxygens (including phenoxy) is 1. The first kappa shape index (κ1) is 25.8. The van der Waals surface area contributed by atoms with Crippen molar-refractivity contribution in [3.63, 3.8) is 0 Å². The maximum Gasteiger partial charge on any atom is 0.304 e. The van der Waals surface area contributed by atoms with Crippen LogP contribution in [0.4, 0.5) is 5.69 Å². The molecule has 10 nitrogen and oxygen atoms in total. The third kappa shape index (κ3) is 6.10. The molecule has 0 radical (unpaired) electrons. The Morgan fingerprint density at radius 1 is 1.11 bits per heavy atom. The van der Waals surface area contributed by atoms with E-state index in [0.29, 0.717) is 17.8 Å². The molecule has 190 valence electrons. The van der Waals surface area contributed by atoms with Gasteiger partial charge in [0.1, 0.15) is 5.75 Å². The second-order valence-corrected chi connectivity index (χ2v) is 9.51. The lowest BCUT2D eigenvalue weighted by molar-refractivity contribution is -0.122. The monoisotopic (exact) mass is 556 g/mol. The van der Waals surface area contributed by atoms with Crippen molar-refractivity contribution in [2.75, 3.05) is 46.9 Å². The zero-order valence-electron chi connectivity index (χ0n) is 20.5. The minimum Gasteiger partial charge on any atom is -0.497 e. The molecule has 1 fully saturated rings. The number of aromatic hydroxyl groups is 1. The third-order valence-corrected chi connectivity index (χ3v) is 6.56. The van der Waals surface area contributed by atoms with E-state index >= 15 is 0 Å². The topological polar surface area (TPSA) is 104 Å². The van der Waals surface area contributed by atoms with Crippen molar-refractivity contribution in [2.24, 2.45) is 15.4 Å². The van der Waals surface area contributed by atoms with Crippen LogP contribution in [0.15, 0.2) is 62.3 Å². The number of carbonyl (C=O) groups excluding carboxylic acids is 1. The van der Waals surface area contributed by atoms with Crippen molar-refractivity contribution in [3.8, 4) is 11.6 Å². The van der Waals surface area contributed by atoms with E-state index in [4.69, 9.17) is 9.57 Å². The van der Waals surface area contributed by atoms with E-state index < -0.39 is 5.91 Å². The van der Waals surface area contributed by atoms with E-state index in [-0.39, 0.29) is 18.2 Å². The van der Waals surface area contributed by atoms with Gasteiger partial charge in [0, 0.05) is 36.0 Å². The Morgan fingerprint density at radius 3 is 2.53 bits per heavy atom. The van der Waals surface area contributed by atoms with E-state index in [1.807, 2.05) is 42.5 Å². The molecular formula is C25H29BrN6O4. The number of benzene rings is 2. The minimum absolute atomic E-state index is 0.0344. The highest BCUT2D eigenvalue weighted by Gasteiger charge is 2.21. The van der Waals surface area contributed by atoms with Gasteiger partial charge in [-0.05, 0) is 62.0 Å². The highest BCUT2D eigenvalue weighted by Crippen LogP contribution is 2.40. The summed E-state index contributed by atoms with van der Waals surface area (Å²) in [4.78, 5) is 22.0. The normalized spacial score (nSPS) is 15.6. The van der Waals surface area contributed by atoms with Crippen molar-refractivity contribution >= 4 is 44.1 Å². The quantitative estimate of drug-likeness (QED) is 0.251. The SMILES string of the molecule is COc1ccc(/C(C)=N\OCC(=O)N=Nc2c(O)n(CN3CCN(C)CC3)c3ccc(Br)cc23)cc1. The van der Waals surface area contributed by atoms with Gasteiger partial charge in [0.05, 0.1) is 25.0 Å². The predicted octanol–water partition coefficient (Wildman–Crippen LogP) is 4.37. The molecule has 0 atom stereocenters. The molecule has 11 heteroatoms.